The van der Waals surface area contributed by atoms with Crippen LogP contribution in [-0.4, -0.2) is 0 Å². The predicted molar refractivity (Wildman–Crippen MR) is 95.5 cm³/mol. The monoisotopic (exact) mass is 311 g/mol. The second-order valence-electron chi connectivity index (χ2n) is 4.20. The van der Waals surface area contributed by atoms with E-state index in [1.165, 1.54) is 9.79 Å². The zero-order valence-corrected chi connectivity index (χ0v) is 13.2. The summed E-state index contributed by atoms with van der Waals surface area (Å²) in [5.74, 6) is 0. The summed E-state index contributed by atoms with van der Waals surface area (Å²) in [5, 5.41) is 0. The van der Waals surface area contributed by atoms with Gasteiger partial charge in [0.2, 0.25) is 0 Å². The normalized spacial score (nSPS) is 9.52. The van der Waals surface area contributed by atoms with Crippen LogP contribution in [0, 0.1) is 0 Å². The number of benzene rings is 3. The molecule has 0 aliphatic heterocycles. The van der Waals surface area contributed by atoms with Gasteiger partial charge in [0.1, 0.15) is 0 Å². The minimum absolute atomic E-state index is 0.822. The summed E-state index contributed by atoms with van der Waals surface area (Å²) in [5.41, 5.74) is 6.18. The van der Waals surface area contributed by atoms with Gasteiger partial charge in [0.25, 0.3) is 0 Å². The van der Waals surface area contributed by atoms with Crippen LogP contribution in [0.15, 0.2) is 101 Å². The number of para-hydroxylation sites is 1. The van der Waals surface area contributed by atoms with Crippen molar-refractivity contribution in [3.8, 4) is 0 Å². The quantitative estimate of drug-likeness (QED) is 0.492. The Morgan fingerprint density at radius 1 is 0.476 bits per heavy atom. The lowest BCUT2D eigenvalue weighted by molar-refractivity contribution is 1.47. The summed E-state index contributed by atoms with van der Waals surface area (Å²) < 4.78 is 0. The SMILES string of the molecule is Nc1ccccc1.c1ccc(SSc2ccccc2)cc1. The zero-order valence-electron chi connectivity index (χ0n) is 11.6. The highest BCUT2D eigenvalue weighted by Gasteiger charge is 1.94. The molecule has 0 saturated carbocycles. The van der Waals surface area contributed by atoms with E-state index in [9.17, 15) is 0 Å². The Morgan fingerprint density at radius 2 is 0.810 bits per heavy atom. The highest BCUT2D eigenvalue weighted by atomic mass is 33.1. The third-order valence-electron chi connectivity index (χ3n) is 2.52. The zero-order chi connectivity index (χ0) is 14.8. The minimum Gasteiger partial charge on any atom is -0.399 e. The van der Waals surface area contributed by atoms with Crippen LogP contribution in [0.5, 0.6) is 0 Å². The molecule has 1 nitrogen and oxygen atoms in total. The van der Waals surface area contributed by atoms with E-state index in [1.807, 2.05) is 42.5 Å². The smallest absolute Gasteiger partial charge is 0.0313 e. The third-order valence-corrected chi connectivity index (χ3v) is 4.94. The molecule has 0 aliphatic carbocycles. The fourth-order valence-electron chi connectivity index (χ4n) is 1.50. The molecular formula is C18H17NS2. The van der Waals surface area contributed by atoms with Gasteiger partial charge in [-0.1, -0.05) is 76.2 Å². The molecule has 0 aromatic heterocycles. The Hall–Kier alpha value is -1.84. The Labute approximate surface area is 134 Å². The van der Waals surface area contributed by atoms with E-state index in [4.69, 9.17) is 5.73 Å². The predicted octanol–water partition coefficient (Wildman–Crippen LogP) is 5.75. The van der Waals surface area contributed by atoms with Crippen molar-refractivity contribution < 1.29 is 0 Å². The van der Waals surface area contributed by atoms with Crippen LogP contribution < -0.4 is 5.73 Å². The highest BCUT2D eigenvalue weighted by molar-refractivity contribution is 8.76. The molecule has 3 aromatic carbocycles. The Balaban J connectivity index is 0.000000194. The maximum Gasteiger partial charge on any atom is 0.0313 e. The molecule has 0 saturated heterocycles. The van der Waals surface area contributed by atoms with Crippen LogP contribution in [-0.2, 0) is 0 Å². The van der Waals surface area contributed by atoms with Crippen molar-refractivity contribution in [3.05, 3.63) is 91.0 Å². The maximum atomic E-state index is 5.36. The van der Waals surface area contributed by atoms with Crippen molar-refractivity contribution in [1.29, 1.82) is 0 Å². The van der Waals surface area contributed by atoms with Crippen molar-refractivity contribution in [2.75, 3.05) is 5.73 Å². The third kappa shape index (κ3) is 6.43. The van der Waals surface area contributed by atoms with Crippen LogP contribution in [0.4, 0.5) is 5.69 Å². The number of hydrogen-bond acceptors (Lipinski definition) is 3. The molecule has 0 unspecified atom stereocenters. The standard InChI is InChI=1S/C12H10S2.C6H7N/c1-3-7-11(8-4-1)13-14-12-9-5-2-6-10-12;7-6-4-2-1-3-5-6/h1-10H;1-5H,7H2. The molecule has 3 rings (SSSR count). The molecule has 0 spiro atoms. The molecule has 106 valence electrons. The van der Waals surface area contributed by atoms with E-state index < -0.39 is 0 Å². The van der Waals surface area contributed by atoms with E-state index in [-0.39, 0.29) is 0 Å². The lowest BCUT2D eigenvalue weighted by Crippen LogP contribution is -1.79. The highest BCUT2D eigenvalue weighted by Crippen LogP contribution is 2.36. The summed E-state index contributed by atoms with van der Waals surface area (Å²) in [6.07, 6.45) is 0. The fraction of sp³-hybridized carbons (Fsp3) is 0. The van der Waals surface area contributed by atoms with E-state index >= 15 is 0 Å². The lowest BCUT2D eigenvalue weighted by Gasteiger charge is -1.99. The largest absolute Gasteiger partial charge is 0.399 e. The van der Waals surface area contributed by atoms with Crippen LogP contribution in [0.25, 0.3) is 0 Å². The van der Waals surface area contributed by atoms with Gasteiger partial charge in [-0.25, -0.2) is 0 Å². The fourth-order valence-corrected chi connectivity index (χ4v) is 3.47. The second-order valence-corrected chi connectivity index (χ2v) is 6.48. The molecule has 21 heavy (non-hydrogen) atoms. The van der Waals surface area contributed by atoms with Crippen LogP contribution >= 0.6 is 21.6 Å². The Kier molecular flexibility index (Phi) is 6.78. The van der Waals surface area contributed by atoms with Crippen molar-refractivity contribution >= 4 is 27.3 Å². The summed E-state index contributed by atoms with van der Waals surface area (Å²) in [4.78, 5) is 2.59. The topological polar surface area (TPSA) is 26.0 Å². The van der Waals surface area contributed by atoms with Gasteiger partial charge in [0, 0.05) is 15.5 Å². The molecule has 3 aromatic rings. The minimum atomic E-state index is 0.822. The van der Waals surface area contributed by atoms with Gasteiger partial charge in [0.05, 0.1) is 0 Å². The molecular weight excluding hydrogens is 294 g/mol. The van der Waals surface area contributed by atoms with Gasteiger partial charge in [-0.3, -0.25) is 0 Å². The number of nitrogens with two attached hydrogens (primary N) is 1. The van der Waals surface area contributed by atoms with E-state index in [0.717, 1.165) is 5.69 Å². The average molecular weight is 311 g/mol. The van der Waals surface area contributed by atoms with Crippen LogP contribution in [0.2, 0.25) is 0 Å². The Morgan fingerprint density at radius 3 is 1.10 bits per heavy atom. The first kappa shape index (κ1) is 15.5. The lowest BCUT2D eigenvalue weighted by atomic mass is 10.3. The molecule has 0 radical (unpaired) electrons. The first-order valence-corrected chi connectivity index (χ1v) is 8.75. The second kappa shape index (κ2) is 9.16. The van der Waals surface area contributed by atoms with Gasteiger partial charge in [-0.2, -0.15) is 0 Å². The first-order chi connectivity index (χ1) is 10.3. The molecule has 0 heterocycles. The number of anilines is 1. The van der Waals surface area contributed by atoms with Crippen molar-refractivity contribution in [2.24, 2.45) is 0 Å². The van der Waals surface area contributed by atoms with E-state index in [0.29, 0.717) is 0 Å². The molecule has 3 heteroatoms. The van der Waals surface area contributed by atoms with Gasteiger partial charge < -0.3 is 5.73 Å². The summed E-state index contributed by atoms with van der Waals surface area (Å²) in [6.45, 7) is 0. The molecule has 0 atom stereocenters. The van der Waals surface area contributed by atoms with Gasteiger partial charge in [0.15, 0.2) is 0 Å². The first-order valence-electron chi connectivity index (χ1n) is 6.60. The van der Waals surface area contributed by atoms with Gasteiger partial charge in [-0.05, 0) is 36.4 Å². The van der Waals surface area contributed by atoms with Gasteiger partial charge in [-0.15, -0.1) is 0 Å². The Bertz CT molecular complexity index is 573. The van der Waals surface area contributed by atoms with Gasteiger partial charge >= 0.3 is 0 Å². The molecule has 0 aliphatic rings. The summed E-state index contributed by atoms with van der Waals surface area (Å²) >= 11 is 0. The number of nitrogen functional groups attached to an aromatic ring is 1. The van der Waals surface area contributed by atoms with E-state index in [2.05, 4.69) is 48.5 Å². The number of hydrogen-bond donors (Lipinski definition) is 1. The summed E-state index contributed by atoms with van der Waals surface area (Å²) in [6, 6.07) is 30.3. The molecule has 0 bridgehead atoms. The van der Waals surface area contributed by atoms with Crippen molar-refractivity contribution in [1.82, 2.24) is 0 Å². The van der Waals surface area contributed by atoms with Crippen LogP contribution in [0.3, 0.4) is 0 Å². The van der Waals surface area contributed by atoms with Crippen LogP contribution in [0.1, 0.15) is 0 Å². The summed E-state index contributed by atoms with van der Waals surface area (Å²) in [7, 11) is 3.58. The molecule has 0 fully saturated rings. The molecule has 2 N–H and O–H groups in total. The van der Waals surface area contributed by atoms with Crippen molar-refractivity contribution in [2.45, 2.75) is 9.79 Å². The maximum absolute atomic E-state index is 5.36. The number of rotatable bonds is 3. The molecule has 0 amide bonds. The average Bonchev–Trinajstić information content (AvgIpc) is 2.56. The van der Waals surface area contributed by atoms with E-state index in [1.54, 1.807) is 21.6 Å². The van der Waals surface area contributed by atoms with Crippen molar-refractivity contribution in [3.63, 3.8) is 0 Å².